The summed E-state index contributed by atoms with van der Waals surface area (Å²) in [5.74, 6) is 0.964. The summed E-state index contributed by atoms with van der Waals surface area (Å²) in [5, 5.41) is 1.70. The second-order valence-corrected chi connectivity index (χ2v) is 4.90. The van der Waals surface area contributed by atoms with Crippen molar-refractivity contribution in [2.45, 2.75) is 0 Å². The number of hydrogen-bond donors (Lipinski definition) is 2. The van der Waals surface area contributed by atoms with Gasteiger partial charge in [0.25, 0.3) is 5.82 Å². The van der Waals surface area contributed by atoms with Crippen molar-refractivity contribution < 1.29 is 4.57 Å². The average molecular weight is 286 g/mol. The average Bonchev–Trinajstić information content (AvgIpc) is 2.46. The molecular weight excluding hydrogens is 272 g/mol. The topological polar surface area (TPSA) is 40.8 Å². The molecule has 0 aliphatic heterocycles. The van der Waals surface area contributed by atoms with Crippen LogP contribution in [0.25, 0.3) is 10.9 Å². The van der Waals surface area contributed by atoms with Crippen LogP contribution in [0.4, 0.5) is 11.5 Å². The van der Waals surface area contributed by atoms with Crippen LogP contribution in [0.2, 0.25) is 5.02 Å². The highest BCUT2D eigenvalue weighted by Crippen LogP contribution is 2.24. The van der Waals surface area contributed by atoms with Crippen LogP contribution in [0.1, 0.15) is 0 Å². The number of rotatable bonds is 3. The third-order valence-electron chi connectivity index (χ3n) is 3.08. The third kappa shape index (κ3) is 2.51. The lowest BCUT2D eigenvalue weighted by Crippen LogP contribution is -2.33. The van der Waals surface area contributed by atoms with E-state index in [4.69, 9.17) is 11.6 Å². The fourth-order valence-corrected chi connectivity index (χ4v) is 2.18. The van der Waals surface area contributed by atoms with E-state index in [0.717, 1.165) is 22.4 Å². The van der Waals surface area contributed by atoms with Crippen LogP contribution in [0.3, 0.4) is 0 Å². The van der Waals surface area contributed by atoms with E-state index in [9.17, 15) is 0 Å². The van der Waals surface area contributed by atoms with Gasteiger partial charge in [0.2, 0.25) is 0 Å². The molecule has 2 heterocycles. The summed E-state index contributed by atoms with van der Waals surface area (Å²) in [4.78, 5) is 4.32. The number of aryl methyl sites for hydroxylation is 1. The molecule has 3 aromatic rings. The summed E-state index contributed by atoms with van der Waals surface area (Å²) in [6.45, 7) is 0. The normalized spacial score (nSPS) is 10.5. The summed E-state index contributed by atoms with van der Waals surface area (Å²) in [7, 11) is 1.98. The highest BCUT2D eigenvalue weighted by molar-refractivity contribution is 6.31. The van der Waals surface area contributed by atoms with Gasteiger partial charge in [0.15, 0.2) is 0 Å². The van der Waals surface area contributed by atoms with Crippen LogP contribution in [-0.4, -0.2) is 4.98 Å². The molecule has 0 radical (unpaired) electrons. The van der Waals surface area contributed by atoms with Crippen molar-refractivity contribution in [1.29, 1.82) is 0 Å². The van der Waals surface area contributed by atoms with E-state index >= 15 is 0 Å². The minimum Gasteiger partial charge on any atom is -0.256 e. The highest BCUT2D eigenvalue weighted by Gasteiger charge is 2.06. The van der Waals surface area contributed by atoms with Gasteiger partial charge >= 0.3 is 0 Å². The van der Waals surface area contributed by atoms with Crippen LogP contribution in [-0.2, 0) is 7.05 Å². The van der Waals surface area contributed by atoms with E-state index in [1.165, 1.54) is 0 Å². The first kappa shape index (κ1) is 12.7. The molecule has 0 amide bonds. The molecule has 0 atom stereocenters. The molecule has 5 heteroatoms. The zero-order valence-electron chi connectivity index (χ0n) is 11.0. The molecule has 2 N–H and O–H groups in total. The molecule has 0 fully saturated rings. The van der Waals surface area contributed by atoms with E-state index in [1.807, 2.05) is 60.3 Å². The van der Waals surface area contributed by atoms with Crippen molar-refractivity contribution in [2.24, 2.45) is 7.05 Å². The van der Waals surface area contributed by atoms with Crippen LogP contribution < -0.4 is 15.4 Å². The lowest BCUT2D eigenvalue weighted by Gasteiger charge is -2.08. The maximum atomic E-state index is 5.99. The number of benzene rings is 1. The summed E-state index contributed by atoms with van der Waals surface area (Å²) in [6, 6.07) is 13.5. The van der Waals surface area contributed by atoms with Crippen molar-refractivity contribution in [1.82, 2.24) is 4.98 Å². The van der Waals surface area contributed by atoms with Gasteiger partial charge in [-0.3, -0.25) is 4.98 Å². The predicted molar refractivity (Wildman–Crippen MR) is 81.6 cm³/mol. The first-order valence-corrected chi connectivity index (χ1v) is 6.63. The number of hydrogen-bond acceptors (Lipinski definition) is 3. The smallest absolute Gasteiger partial charge is 0.256 e. The van der Waals surface area contributed by atoms with Gasteiger partial charge in [-0.25, -0.2) is 9.99 Å². The van der Waals surface area contributed by atoms with Crippen molar-refractivity contribution in [3.63, 3.8) is 0 Å². The fourth-order valence-electron chi connectivity index (χ4n) is 2.01. The van der Waals surface area contributed by atoms with Crippen LogP contribution in [0, 0.1) is 0 Å². The second-order valence-electron chi connectivity index (χ2n) is 4.47. The van der Waals surface area contributed by atoms with Gasteiger partial charge in [-0.15, -0.1) is 0 Å². The Bertz CT molecular complexity index is 758. The first-order chi connectivity index (χ1) is 9.74. The molecule has 0 saturated heterocycles. The van der Waals surface area contributed by atoms with Crippen molar-refractivity contribution >= 4 is 34.0 Å². The third-order valence-corrected chi connectivity index (χ3v) is 3.32. The zero-order valence-corrected chi connectivity index (χ0v) is 11.7. The first-order valence-electron chi connectivity index (χ1n) is 6.25. The molecule has 0 bridgehead atoms. The minimum atomic E-state index is 0.685. The zero-order chi connectivity index (χ0) is 13.9. The number of nitrogens with one attached hydrogen (secondary N) is 2. The maximum Gasteiger partial charge on any atom is 0.297 e. The van der Waals surface area contributed by atoms with Gasteiger partial charge in [0.05, 0.1) is 24.4 Å². The Balaban J connectivity index is 1.90. The number of nitrogens with zero attached hydrogens (tertiary/aromatic N) is 2. The number of halogens is 1. The maximum absolute atomic E-state index is 5.99. The second kappa shape index (κ2) is 5.35. The Labute approximate surface area is 122 Å². The summed E-state index contributed by atoms with van der Waals surface area (Å²) < 4.78 is 1.99. The summed E-state index contributed by atoms with van der Waals surface area (Å²) >= 11 is 5.99. The lowest BCUT2D eigenvalue weighted by molar-refractivity contribution is -0.657. The molecular formula is C15H14ClN4+. The largest absolute Gasteiger partial charge is 0.297 e. The Morgan fingerprint density at radius 1 is 1.10 bits per heavy atom. The summed E-state index contributed by atoms with van der Waals surface area (Å²) in [6.07, 6.45) is 3.74. The van der Waals surface area contributed by atoms with E-state index < -0.39 is 0 Å². The molecule has 0 aliphatic carbocycles. The van der Waals surface area contributed by atoms with Crippen molar-refractivity contribution in [3.05, 3.63) is 59.9 Å². The summed E-state index contributed by atoms with van der Waals surface area (Å²) in [5.41, 5.74) is 8.22. The fraction of sp³-hybridized carbons (Fsp3) is 0.0667. The number of aromatic nitrogens is 2. The molecule has 0 aliphatic rings. The Morgan fingerprint density at radius 3 is 2.85 bits per heavy atom. The standard InChI is InChI=1S/C15H13ClN4/c1-20-9-3-2-4-15(20)19-18-13-7-8-17-14-10-11(16)5-6-12(13)14/h2-10H,1H3,(H,17,18)/p+1. The van der Waals surface area contributed by atoms with E-state index in [0.29, 0.717) is 5.02 Å². The molecule has 1 aromatic carbocycles. The molecule has 0 spiro atoms. The molecule has 0 saturated carbocycles. The molecule has 100 valence electrons. The molecule has 0 unspecified atom stereocenters. The van der Waals surface area contributed by atoms with Gasteiger partial charge in [-0.2, -0.15) is 5.43 Å². The van der Waals surface area contributed by atoms with E-state index in [2.05, 4.69) is 15.8 Å². The Hall–Kier alpha value is -2.33. The monoisotopic (exact) mass is 285 g/mol. The number of hydrazine groups is 1. The quantitative estimate of drug-likeness (QED) is 0.574. The van der Waals surface area contributed by atoms with Gasteiger partial charge in [-0.05, 0) is 30.3 Å². The van der Waals surface area contributed by atoms with E-state index in [-0.39, 0.29) is 0 Å². The van der Waals surface area contributed by atoms with Gasteiger partial charge < -0.3 is 0 Å². The van der Waals surface area contributed by atoms with Crippen LogP contribution in [0.15, 0.2) is 54.9 Å². The van der Waals surface area contributed by atoms with Crippen LogP contribution >= 0.6 is 11.6 Å². The Morgan fingerprint density at radius 2 is 2.00 bits per heavy atom. The lowest BCUT2D eigenvalue weighted by atomic mass is 10.2. The number of anilines is 2. The SMILES string of the molecule is C[n+]1ccccc1NNc1ccnc2cc(Cl)ccc12. The van der Waals surface area contributed by atoms with Crippen molar-refractivity contribution in [2.75, 3.05) is 10.9 Å². The molecule has 2 aromatic heterocycles. The van der Waals surface area contributed by atoms with Crippen molar-refractivity contribution in [3.8, 4) is 0 Å². The minimum absolute atomic E-state index is 0.685. The number of fused-ring (bicyclic) bond motifs is 1. The number of pyridine rings is 2. The Kier molecular flexibility index (Phi) is 3.39. The van der Waals surface area contributed by atoms with E-state index in [1.54, 1.807) is 6.20 Å². The highest BCUT2D eigenvalue weighted by atomic mass is 35.5. The predicted octanol–water partition coefficient (Wildman–Crippen LogP) is 3.15. The van der Waals surface area contributed by atoms with Gasteiger partial charge in [0, 0.05) is 22.7 Å². The van der Waals surface area contributed by atoms with Gasteiger partial charge in [0.1, 0.15) is 0 Å². The molecule has 3 rings (SSSR count). The molecule has 4 nitrogen and oxygen atoms in total. The van der Waals surface area contributed by atoms with Crippen LogP contribution in [0.5, 0.6) is 0 Å². The van der Waals surface area contributed by atoms with Gasteiger partial charge in [-0.1, -0.05) is 17.7 Å². The molecule has 20 heavy (non-hydrogen) atoms.